The quantitative estimate of drug-likeness (QED) is 0.883. The van der Waals surface area contributed by atoms with Gasteiger partial charge >= 0.3 is 0 Å². The second-order valence-corrected chi connectivity index (χ2v) is 5.27. The van der Waals surface area contributed by atoms with E-state index in [2.05, 4.69) is 27.3 Å². The van der Waals surface area contributed by atoms with E-state index in [1.807, 2.05) is 44.2 Å². The fourth-order valence-corrected chi connectivity index (χ4v) is 1.96. The van der Waals surface area contributed by atoms with Gasteiger partial charge in [0.1, 0.15) is 0 Å². The molecule has 0 spiro atoms. The third-order valence-corrected chi connectivity index (χ3v) is 3.09. The molecule has 88 valence electrons. The van der Waals surface area contributed by atoms with Crippen molar-refractivity contribution in [2.45, 2.75) is 13.8 Å². The van der Waals surface area contributed by atoms with Crippen LogP contribution in [0.5, 0.6) is 0 Å². The number of hydrogen-bond donors (Lipinski definition) is 1. The van der Waals surface area contributed by atoms with Gasteiger partial charge in [-0.3, -0.25) is 4.79 Å². The molecule has 17 heavy (non-hydrogen) atoms. The number of amides is 1. The molecule has 1 N–H and O–H groups in total. The summed E-state index contributed by atoms with van der Waals surface area (Å²) >= 11 is 3.44. The summed E-state index contributed by atoms with van der Waals surface area (Å²) in [6.07, 6.45) is 0. The summed E-state index contributed by atoms with van der Waals surface area (Å²) in [5, 5.41) is 5.17. The highest BCUT2D eigenvalue weighted by Gasteiger charge is 2.07. The summed E-state index contributed by atoms with van der Waals surface area (Å²) in [5.74, 6) is 0.0390. The molecule has 0 fully saturated rings. The molecule has 2 rings (SSSR count). The molecule has 0 radical (unpaired) electrons. The van der Waals surface area contributed by atoms with E-state index in [9.17, 15) is 4.79 Å². The Balaban J connectivity index is 2.32. The molecule has 0 aromatic heterocycles. The molecule has 0 bridgehead atoms. The molecular weight excluding hydrogens is 278 g/mol. The number of carbonyl (C=O) groups is 1. The van der Waals surface area contributed by atoms with Gasteiger partial charge in [0.05, 0.1) is 0 Å². The minimum absolute atomic E-state index is 0.00406. The third-order valence-electron chi connectivity index (χ3n) is 2.59. The first kappa shape index (κ1) is 12.1. The topological polar surface area (TPSA) is 29.1 Å². The predicted octanol–water partition coefficient (Wildman–Crippen LogP) is 4.20. The number of fused-ring (bicyclic) bond motifs is 1. The number of carbonyl (C=O) groups excluding carboxylic acids is 1. The van der Waals surface area contributed by atoms with Crippen molar-refractivity contribution in [2.75, 3.05) is 5.32 Å². The Hall–Kier alpha value is -1.35. The number of rotatable bonds is 2. The second kappa shape index (κ2) is 4.88. The van der Waals surface area contributed by atoms with Gasteiger partial charge in [0.15, 0.2) is 0 Å². The molecule has 0 saturated carbocycles. The molecule has 2 aromatic carbocycles. The molecule has 2 nitrogen and oxygen atoms in total. The monoisotopic (exact) mass is 291 g/mol. The Morgan fingerprint density at radius 1 is 1.12 bits per heavy atom. The minimum Gasteiger partial charge on any atom is -0.326 e. The van der Waals surface area contributed by atoms with E-state index >= 15 is 0 Å². The van der Waals surface area contributed by atoms with Gasteiger partial charge in [0.25, 0.3) is 0 Å². The first-order chi connectivity index (χ1) is 8.06. The van der Waals surface area contributed by atoms with Gasteiger partial charge in [-0.05, 0) is 35.0 Å². The maximum absolute atomic E-state index is 11.6. The van der Waals surface area contributed by atoms with Crippen LogP contribution in [0.15, 0.2) is 40.9 Å². The molecule has 0 saturated heterocycles. The maximum Gasteiger partial charge on any atom is 0.226 e. The highest BCUT2D eigenvalue weighted by atomic mass is 79.9. The summed E-state index contributed by atoms with van der Waals surface area (Å²) in [7, 11) is 0. The smallest absolute Gasteiger partial charge is 0.226 e. The van der Waals surface area contributed by atoms with Crippen LogP contribution in [0.3, 0.4) is 0 Å². The highest BCUT2D eigenvalue weighted by molar-refractivity contribution is 9.10. The average Bonchev–Trinajstić information content (AvgIpc) is 2.29. The molecular formula is C14H14BrNO. The van der Waals surface area contributed by atoms with Gasteiger partial charge in [-0.1, -0.05) is 41.9 Å². The molecule has 0 aliphatic carbocycles. The van der Waals surface area contributed by atoms with Gasteiger partial charge in [-0.15, -0.1) is 0 Å². The molecule has 0 atom stereocenters. The fourth-order valence-electron chi connectivity index (χ4n) is 1.58. The number of benzene rings is 2. The normalized spacial score (nSPS) is 10.8. The van der Waals surface area contributed by atoms with Gasteiger partial charge in [-0.25, -0.2) is 0 Å². The first-order valence-corrected chi connectivity index (χ1v) is 6.36. The summed E-state index contributed by atoms with van der Waals surface area (Å²) < 4.78 is 1.06. The van der Waals surface area contributed by atoms with Gasteiger partial charge in [-0.2, -0.15) is 0 Å². The van der Waals surface area contributed by atoms with Crippen LogP contribution in [0.2, 0.25) is 0 Å². The van der Waals surface area contributed by atoms with Gasteiger partial charge < -0.3 is 5.32 Å². The summed E-state index contributed by atoms with van der Waals surface area (Å²) in [4.78, 5) is 11.6. The van der Waals surface area contributed by atoms with E-state index in [1.54, 1.807) is 0 Å². The largest absolute Gasteiger partial charge is 0.326 e. The van der Waals surface area contributed by atoms with Crippen molar-refractivity contribution in [3.05, 3.63) is 40.9 Å². The number of anilines is 1. The standard InChI is InChI=1S/C14H14BrNO/c1-9(2)14(17)16-13-6-4-10-7-12(15)5-3-11(10)8-13/h3-9H,1-2H3,(H,16,17). The maximum atomic E-state index is 11.6. The zero-order valence-electron chi connectivity index (χ0n) is 9.83. The summed E-state index contributed by atoms with van der Waals surface area (Å²) in [6, 6.07) is 12.0. The van der Waals surface area contributed by atoms with Crippen LogP contribution < -0.4 is 5.32 Å². The zero-order chi connectivity index (χ0) is 12.4. The lowest BCUT2D eigenvalue weighted by Crippen LogP contribution is -2.17. The van der Waals surface area contributed by atoms with Crippen LogP contribution in [-0.4, -0.2) is 5.91 Å². The van der Waals surface area contributed by atoms with Crippen molar-refractivity contribution in [1.29, 1.82) is 0 Å². The molecule has 0 aliphatic rings. The van der Waals surface area contributed by atoms with E-state index in [1.165, 1.54) is 0 Å². The van der Waals surface area contributed by atoms with Crippen LogP contribution in [0.4, 0.5) is 5.69 Å². The zero-order valence-corrected chi connectivity index (χ0v) is 11.4. The number of hydrogen-bond acceptors (Lipinski definition) is 1. The van der Waals surface area contributed by atoms with E-state index in [0.717, 1.165) is 20.9 Å². The Morgan fingerprint density at radius 2 is 1.76 bits per heavy atom. The molecule has 1 amide bonds. The van der Waals surface area contributed by atoms with Crippen molar-refractivity contribution in [3.8, 4) is 0 Å². The lowest BCUT2D eigenvalue weighted by Gasteiger charge is -2.08. The number of halogens is 1. The van der Waals surface area contributed by atoms with Crippen molar-refractivity contribution in [3.63, 3.8) is 0 Å². The second-order valence-electron chi connectivity index (χ2n) is 4.35. The van der Waals surface area contributed by atoms with E-state index in [0.29, 0.717) is 0 Å². The van der Waals surface area contributed by atoms with E-state index < -0.39 is 0 Å². The van der Waals surface area contributed by atoms with Crippen molar-refractivity contribution >= 4 is 38.3 Å². The summed E-state index contributed by atoms with van der Waals surface area (Å²) in [5.41, 5.74) is 0.846. The van der Waals surface area contributed by atoms with Gasteiger partial charge in [0.2, 0.25) is 5.91 Å². The Morgan fingerprint density at radius 3 is 2.47 bits per heavy atom. The van der Waals surface area contributed by atoms with Crippen LogP contribution in [-0.2, 0) is 4.79 Å². The number of nitrogens with one attached hydrogen (secondary N) is 1. The van der Waals surface area contributed by atoms with Crippen molar-refractivity contribution in [2.24, 2.45) is 5.92 Å². The van der Waals surface area contributed by atoms with Crippen LogP contribution in [0.25, 0.3) is 10.8 Å². The van der Waals surface area contributed by atoms with E-state index in [4.69, 9.17) is 0 Å². The Bertz CT molecular complexity index is 563. The van der Waals surface area contributed by atoms with Gasteiger partial charge in [0, 0.05) is 16.1 Å². The Kier molecular flexibility index (Phi) is 3.48. The SMILES string of the molecule is CC(C)C(=O)Nc1ccc2cc(Br)ccc2c1. The fraction of sp³-hybridized carbons (Fsp3) is 0.214. The molecule has 0 aliphatic heterocycles. The molecule has 3 heteroatoms. The molecule has 2 aromatic rings. The Labute approximate surface area is 109 Å². The molecule has 0 heterocycles. The van der Waals surface area contributed by atoms with Crippen LogP contribution in [0.1, 0.15) is 13.8 Å². The van der Waals surface area contributed by atoms with Crippen LogP contribution in [0, 0.1) is 5.92 Å². The predicted molar refractivity (Wildman–Crippen MR) is 75.1 cm³/mol. The molecule has 0 unspecified atom stereocenters. The lowest BCUT2D eigenvalue weighted by molar-refractivity contribution is -0.118. The van der Waals surface area contributed by atoms with Crippen molar-refractivity contribution < 1.29 is 4.79 Å². The highest BCUT2D eigenvalue weighted by Crippen LogP contribution is 2.23. The average molecular weight is 292 g/mol. The third kappa shape index (κ3) is 2.86. The summed E-state index contributed by atoms with van der Waals surface area (Å²) in [6.45, 7) is 3.76. The van der Waals surface area contributed by atoms with Crippen molar-refractivity contribution in [1.82, 2.24) is 0 Å². The van der Waals surface area contributed by atoms with E-state index in [-0.39, 0.29) is 11.8 Å². The lowest BCUT2D eigenvalue weighted by atomic mass is 10.1. The first-order valence-electron chi connectivity index (χ1n) is 5.56. The van der Waals surface area contributed by atoms with Crippen LogP contribution >= 0.6 is 15.9 Å². The minimum atomic E-state index is -0.00406.